The van der Waals surface area contributed by atoms with Crippen molar-refractivity contribution < 1.29 is 29.0 Å². The van der Waals surface area contributed by atoms with Gasteiger partial charge in [-0.2, -0.15) is 0 Å². The molecule has 1 atom stereocenters. The fourth-order valence-electron chi connectivity index (χ4n) is 1.93. The summed E-state index contributed by atoms with van der Waals surface area (Å²) in [7, 11) is 0. The van der Waals surface area contributed by atoms with Gasteiger partial charge in [-0.3, -0.25) is 14.9 Å². The topological polar surface area (TPSA) is 115 Å². The second kappa shape index (κ2) is 8.48. The van der Waals surface area contributed by atoms with Crippen LogP contribution >= 0.6 is 11.3 Å². The van der Waals surface area contributed by atoms with Crippen molar-refractivity contribution in [2.24, 2.45) is 5.92 Å². The highest BCUT2D eigenvalue weighted by Crippen LogP contribution is 2.21. The summed E-state index contributed by atoms with van der Waals surface area (Å²) in [4.78, 5) is 39.2. The number of carboxylic acid groups (broad SMARTS) is 1. The number of carbonyl (C=O) groups excluding carboxylic acids is 2. The normalized spacial score (nSPS) is 13.0. The van der Waals surface area contributed by atoms with Crippen molar-refractivity contribution in [1.29, 1.82) is 0 Å². The smallest absolute Gasteiger partial charge is 0.413 e. The molecule has 0 aliphatic rings. The van der Waals surface area contributed by atoms with Crippen LogP contribution in [-0.2, 0) is 25.5 Å². The summed E-state index contributed by atoms with van der Waals surface area (Å²) < 4.78 is 10.3. The van der Waals surface area contributed by atoms with E-state index in [1.165, 1.54) is 0 Å². The number of esters is 1. The van der Waals surface area contributed by atoms with E-state index in [1.54, 1.807) is 46.9 Å². The largest absolute Gasteiger partial charge is 0.481 e. The van der Waals surface area contributed by atoms with E-state index in [1.807, 2.05) is 0 Å². The number of aromatic nitrogens is 1. The predicted molar refractivity (Wildman–Crippen MR) is 97.3 cm³/mol. The minimum atomic E-state index is -1.11. The van der Waals surface area contributed by atoms with Crippen LogP contribution in [0, 0.1) is 5.92 Å². The summed E-state index contributed by atoms with van der Waals surface area (Å²) in [6, 6.07) is 0. The number of ether oxygens (including phenoxy) is 2. The van der Waals surface area contributed by atoms with Crippen molar-refractivity contribution in [3.63, 3.8) is 0 Å². The number of thiazole rings is 1. The molecule has 0 fully saturated rings. The molecular weight excluding hydrogens is 360 g/mol. The van der Waals surface area contributed by atoms with Crippen LogP contribution in [-0.4, -0.2) is 39.3 Å². The van der Waals surface area contributed by atoms with Crippen LogP contribution in [0.25, 0.3) is 0 Å². The van der Waals surface area contributed by atoms with Crippen molar-refractivity contribution >= 4 is 34.5 Å². The highest BCUT2D eigenvalue weighted by molar-refractivity contribution is 7.13. The molecule has 0 spiro atoms. The highest BCUT2D eigenvalue weighted by Gasteiger charge is 2.26. The molecular formula is C17H26N2O6S. The molecule has 1 unspecified atom stereocenters. The Morgan fingerprint density at radius 3 is 2.23 bits per heavy atom. The van der Waals surface area contributed by atoms with Crippen molar-refractivity contribution in [1.82, 2.24) is 4.98 Å². The molecule has 0 saturated heterocycles. The van der Waals surface area contributed by atoms with Crippen LogP contribution < -0.4 is 5.32 Å². The molecule has 0 aliphatic carbocycles. The third-order valence-corrected chi connectivity index (χ3v) is 3.60. The maximum absolute atomic E-state index is 11.9. The number of nitrogens with zero attached hydrogens (tertiary/aromatic N) is 1. The van der Waals surface area contributed by atoms with Gasteiger partial charge >= 0.3 is 18.0 Å². The fraction of sp³-hybridized carbons (Fsp3) is 0.647. The molecule has 0 radical (unpaired) electrons. The quantitative estimate of drug-likeness (QED) is 0.719. The summed E-state index contributed by atoms with van der Waals surface area (Å²) >= 11 is 1.15. The van der Waals surface area contributed by atoms with Crippen LogP contribution in [0.2, 0.25) is 0 Å². The molecule has 0 aliphatic heterocycles. The van der Waals surface area contributed by atoms with Crippen LogP contribution in [0.4, 0.5) is 9.93 Å². The summed E-state index contributed by atoms with van der Waals surface area (Å²) in [5, 5.41) is 13.8. The fourth-order valence-corrected chi connectivity index (χ4v) is 2.64. The van der Waals surface area contributed by atoms with Gasteiger partial charge in [0.15, 0.2) is 5.13 Å². The Morgan fingerprint density at radius 1 is 1.15 bits per heavy atom. The van der Waals surface area contributed by atoms with E-state index >= 15 is 0 Å². The first-order chi connectivity index (χ1) is 11.7. The van der Waals surface area contributed by atoms with E-state index in [2.05, 4.69) is 10.3 Å². The average molecular weight is 386 g/mol. The maximum atomic E-state index is 11.9. The number of hydrogen-bond donors (Lipinski definition) is 2. The number of rotatable bonds is 6. The Hall–Kier alpha value is -2.16. The molecule has 1 amide bonds. The molecule has 1 heterocycles. The van der Waals surface area contributed by atoms with Gasteiger partial charge in [0.05, 0.1) is 18.0 Å². The van der Waals surface area contributed by atoms with E-state index in [-0.39, 0.29) is 12.8 Å². The van der Waals surface area contributed by atoms with Gasteiger partial charge in [-0.1, -0.05) is 0 Å². The Morgan fingerprint density at radius 2 is 1.73 bits per heavy atom. The Labute approximate surface area is 156 Å². The number of carboxylic acids is 1. The Kier molecular flexibility index (Phi) is 7.14. The number of carbonyl (C=O) groups is 3. The third-order valence-electron chi connectivity index (χ3n) is 2.80. The van der Waals surface area contributed by atoms with Crippen molar-refractivity contribution in [3.8, 4) is 0 Å². The molecule has 1 rings (SSSR count). The third kappa shape index (κ3) is 8.80. The lowest BCUT2D eigenvalue weighted by atomic mass is 10.00. The van der Waals surface area contributed by atoms with Crippen molar-refractivity contribution in [3.05, 3.63) is 11.1 Å². The molecule has 9 heteroatoms. The van der Waals surface area contributed by atoms with Gasteiger partial charge < -0.3 is 14.6 Å². The van der Waals surface area contributed by atoms with Gasteiger partial charge in [0.25, 0.3) is 0 Å². The summed E-state index contributed by atoms with van der Waals surface area (Å²) in [5.41, 5.74) is -0.839. The first-order valence-electron chi connectivity index (χ1n) is 8.14. The van der Waals surface area contributed by atoms with Crippen LogP contribution in [0.1, 0.15) is 53.7 Å². The zero-order valence-electron chi connectivity index (χ0n) is 15.9. The minimum Gasteiger partial charge on any atom is -0.481 e. The molecule has 0 saturated carbocycles. The highest BCUT2D eigenvalue weighted by atomic mass is 32.1. The number of aliphatic carboxylic acids is 1. The molecule has 1 aromatic rings. The van der Waals surface area contributed by atoms with Gasteiger partial charge in [0.2, 0.25) is 0 Å². The van der Waals surface area contributed by atoms with Crippen molar-refractivity contribution in [2.45, 2.75) is 65.6 Å². The van der Waals surface area contributed by atoms with E-state index in [9.17, 15) is 19.5 Å². The number of anilines is 1. The Bertz CT molecular complexity index is 657. The molecule has 0 aromatic carbocycles. The second-order valence-electron chi connectivity index (χ2n) is 7.80. The molecule has 146 valence electrons. The predicted octanol–water partition coefficient (Wildman–Crippen LogP) is 3.47. The monoisotopic (exact) mass is 386 g/mol. The summed E-state index contributed by atoms with van der Waals surface area (Å²) in [5.74, 6) is -2.64. The van der Waals surface area contributed by atoms with Gasteiger partial charge in [-0.05, 0) is 41.5 Å². The van der Waals surface area contributed by atoms with E-state index in [0.717, 1.165) is 11.3 Å². The zero-order chi connectivity index (χ0) is 20.1. The van der Waals surface area contributed by atoms with E-state index in [0.29, 0.717) is 10.8 Å². The lowest BCUT2D eigenvalue weighted by Crippen LogP contribution is -2.28. The standard InChI is InChI=1S/C17H26N2O6S/c1-16(2,3)24-12(20)8-10(13(21)22)7-11-9-26-14(18-11)19-15(23)25-17(4,5)6/h9-10H,7-8H2,1-6H3,(H,21,22)(H,18,19,23). The minimum absolute atomic E-state index is 0.0566. The van der Waals surface area contributed by atoms with Gasteiger partial charge in [-0.25, -0.2) is 9.78 Å². The molecule has 0 bridgehead atoms. The number of amides is 1. The van der Waals surface area contributed by atoms with Crippen LogP contribution in [0.3, 0.4) is 0 Å². The van der Waals surface area contributed by atoms with E-state index in [4.69, 9.17) is 9.47 Å². The zero-order valence-corrected chi connectivity index (χ0v) is 16.7. The molecule has 26 heavy (non-hydrogen) atoms. The number of nitrogens with one attached hydrogen (secondary N) is 1. The van der Waals surface area contributed by atoms with Crippen LogP contribution in [0.5, 0.6) is 0 Å². The lowest BCUT2D eigenvalue weighted by Gasteiger charge is -2.20. The summed E-state index contributed by atoms with van der Waals surface area (Å²) in [6.45, 7) is 10.4. The SMILES string of the molecule is CC(C)(C)OC(=O)CC(Cc1csc(NC(=O)OC(C)(C)C)n1)C(=O)O. The second-order valence-corrected chi connectivity index (χ2v) is 8.66. The first kappa shape index (κ1) is 21.9. The van der Waals surface area contributed by atoms with Gasteiger partial charge in [-0.15, -0.1) is 11.3 Å². The van der Waals surface area contributed by atoms with Gasteiger partial charge in [0, 0.05) is 11.8 Å². The molecule has 1 aromatic heterocycles. The summed E-state index contributed by atoms with van der Waals surface area (Å²) in [6.07, 6.45) is -0.832. The lowest BCUT2D eigenvalue weighted by molar-refractivity contribution is -0.159. The van der Waals surface area contributed by atoms with Crippen molar-refractivity contribution in [2.75, 3.05) is 5.32 Å². The van der Waals surface area contributed by atoms with Crippen LogP contribution in [0.15, 0.2) is 5.38 Å². The van der Waals surface area contributed by atoms with E-state index < -0.39 is 35.2 Å². The Balaban J connectivity index is 2.68. The molecule has 2 N–H and O–H groups in total. The average Bonchev–Trinajstić information content (AvgIpc) is 2.80. The number of hydrogen-bond acceptors (Lipinski definition) is 7. The maximum Gasteiger partial charge on any atom is 0.413 e. The molecule has 8 nitrogen and oxygen atoms in total. The first-order valence-corrected chi connectivity index (χ1v) is 9.02. The van der Waals surface area contributed by atoms with Gasteiger partial charge in [0.1, 0.15) is 11.2 Å².